The lowest BCUT2D eigenvalue weighted by atomic mass is 9.88. The van der Waals surface area contributed by atoms with Gasteiger partial charge in [0.25, 0.3) is 11.5 Å². The van der Waals surface area contributed by atoms with Crippen LogP contribution in [0.4, 0.5) is 5.69 Å². The summed E-state index contributed by atoms with van der Waals surface area (Å²) in [5.74, 6) is 0.251. The number of rotatable bonds is 9. The van der Waals surface area contributed by atoms with E-state index in [0.717, 1.165) is 41.5 Å². The zero-order valence-electron chi connectivity index (χ0n) is 23.2. The van der Waals surface area contributed by atoms with Crippen molar-refractivity contribution in [1.29, 1.82) is 0 Å². The molecular weight excluding hydrogens is 595 g/mol. The maximum Gasteiger partial charge on any atom is 0.257 e. The Morgan fingerprint density at radius 1 is 1.18 bits per heavy atom. The number of anilines is 1. The van der Waals surface area contributed by atoms with Gasteiger partial charge in [0.15, 0.2) is 0 Å². The average Bonchev–Trinajstić information content (AvgIpc) is 3.28. The lowest BCUT2D eigenvalue weighted by Crippen LogP contribution is -2.42. The largest absolute Gasteiger partial charge is 0.496 e. The normalized spacial score (nSPS) is 17.7. The first kappa shape index (κ1) is 28.4. The van der Waals surface area contributed by atoms with Crippen molar-refractivity contribution in [3.63, 3.8) is 0 Å². The summed E-state index contributed by atoms with van der Waals surface area (Å²) in [5.41, 5.74) is 3.81. The number of nitrogens with zero attached hydrogens (tertiary/aromatic N) is 4. The fourth-order valence-corrected chi connectivity index (χ4v) is 6.36. The van der Waals surface area contributed by atoms with Gasteiger partial charge in [-0.3, -0.25) is 14.3 Å². The van der Waals surface area contributed by atoms with Gasteiger partial charge in [-0.05, 0) is 87.3 Å². The highest BCUT2D eigenvalue weighted by Crippen LogP contribution is 2.38. The molecule has 2 aromatic heterocycles. The number of hydrogen-bond donors (Lipinski definition) is 2. The van der Waals surface area contributed by atoms with Gasteiger partial charge in [-0.15, -0.1) is 0 Å². The van der Waals surface area contributed by atoms with E-state index in [1.807, 2.05) is 46.6 Å². The van der Waals surface area contributed by atoms with Crippen LogP contribution in [0.15, 0.2) is 23.1 Å². The highest BCUT2D eigenvalue weighted by Gasteiger charge is 2.30. The summed E-state index contributed by atoms with van der Waals surface area (Å²) in [6.45, 7) is 5.22. The lowest BCUT2D eigenvalue weighted by Gasteiger charge is -2.40. The first-order chi connectivity index (χ1) is 18.2. The zero-order chi connectivity index (χ0) is 27.6. The van der Waals surface area contributed by atoms with Crippen LogP contribution in [0.1, 0.15) is 61.0 Å². The van der Waals surface area contributed by atoms with E-state index >= 15 is 0 Å². The second kappa shape index (κ2) is 12.1. The van der Waals surface area contributed by atoms with E-state index in [2.05, 4.69) is 53.1 Å². The number of benzene rings is 1. The van der Waals surface area contributed by atoms with Crippen molar-refractivity contribution in [3.8, 4) is 5.75 Å². The maximum absolute atomic E-state index is 13.7. The van der Waals surface area contributed by atoms with Gasteiger partial charge in [-0.25, -0.2) is 0 Å². The van der Waals surface area contributed by atoms with Gasteiger partial charge in [0.2, 0.25) is 0 Å². The van der Waals surface area contributed by atoms with Crippen molar-refractivity contribution in [2.45, 2.75) is 64.6 Å². The Labute approximate surface area is 238 Å². The van der Waals surface area contributed by atoms with Gasteiger partial charge in [-0.2, -0.15) is 5.10 Å². The smallest absolute Gasteiger partial charge is 0.257 e. The number of aromatic amines is 1. The first-order valence-electron chi connectivity index (χ1n) is 13.3. The van der Waals surface area contributed by atoms with Crippen LogP contribution >= 0.6 is 22.6 Å². The number of H-pyrrole nitrogens is 1. The van der Waals surface area contributed by atoms with E-state index in [1.165, 1.54) is 20.0 Å². The van der Waals surface area contributed by atoms with Crippen LogP contribution in [0, 0.1) is 3.70 Å². The number of carbonyl (C=O) groups is 1. The van der Waals surface area contributed by atoms with E-state index in [4.69, 9.17) is 4.74 Å². The lowest BCUT2D eigenvalue weighted by molar-refractivity contribution is 0.0949. The van der Waals surface area contributed by atoms with Crippen LogP contribution in [0.5, 0.6) is 5.75 Å². The number of methoxy groups -OCH3 is 1. The van der Waals surface area contributed by atoms with Gasteiger partial charge in [-0.1, -0.05) is 6.92 Å². The Bertz CT molecular complexity index is 1360. The third kappa shape index (κ3) is 5.56. The first-order valence-corrected chi connectivity index (χ1v) is 14.4. The molecule has 9 nitrogen and oxygen atoms in total. The van der Waals surface area contributed by atoms with Crippen LogP contribution < -0.4 is 20.5 Å². The summed E-state index contributed by atoms with van der Waals surface area (Å²) >= 11 is 2.04. The number of ether oxygens (including phenoxy) is 1. The summed E-state index contributed by atoms with van der Waals surface area (Å²) in [6, 6.07) is 4.72. The molecule has 38 heavy (non-hydrogen) atoms. The van der Waals surface area contributed by atoms with E-state index in [1.54, 1.807) is 6.07 Å². The number of pyridine rings is 1. The molecule has 1 saturated carbocycles. The molecule has 0 atom stereocenters. The molecule has 206 valence electrons. The fourth-order valence-electron chi connectivity index (χ4n) is 5.84. The van der Waals surface area contributed by atoms with Crippen LogP contribution in [-0.4, -0.2) is 65.4 Å². The third-order valence-electron chi connectivity index (χ3n) is 7.90. The minimum Gasteiger partial charge on any atom is -0.496 e. The van der Waals surface area contributed by atoms with Crippen molar-refractivity contribution in [1.82, 2.24) is 25.0 Å². The number of amides is 1. The Morgan fingerprint density at radius 2 is 1.87 bits per heavy atom. The average molecular weight is 635 g/mol. The molecule has 2 N–H and O–H groups in total. The Hall–Kier alpha value is -2.60. The van der Waals surface area contributed by atoms with Gasteiger partial charge < -0.3 is 24.8 Å². The van der Waals surface area contributed by atoms with E-state index < -0.39 is 0 Å². The number of aromatic nitrogens is 3. The predicted octanol–water partition coefficient (Wildman–Crippen LogP) is 4.07. The number of halogens is 1. The number of hydrogen-bond acceptors (Lipinski definition) is 6. The van der Waals surface area contributed by atoms with E-state index in [-0.39, 0.29) is 18.0 Å². The Kier molecular flexibility index (Phi) is 9.02. The fraction of sp³-hybridized carbons (Fsp3) is 0.536. The SMILES string of the molecule is CCc1c(C(=O)NCc2c(OC)cc(I)[nH]c2=O)cc2c(cnn2C)c1N(CC)C1CCC(N(C)C)CC1. The van der Waals surface area contributed by atoms with Crippen LogP contribution in [0.25, 0.3) is 10.9 Å². The topological polar surface area (TPSA) is 95.5 Å². The van der Waals surface area contributed by atoms with E-state index in [9.17, 15) is 9.59 Å². The van der Waals surface area contributed by atoms with Gasteiger partial charge in [0.05, 0.1) is 40.3 Å². The van der Waals surface area contributed by atoms with Crippen LogP contribution in [-0.2, 0) is 20.0 Å². The monoisotopic (exact) mass is 634 g/mol. The molecular formula is C28H39IN6O3. The highest BCUT2D eigenvalue weighted by atomic mass is 127. The summed E-state index contributed by atoms with van der Waals surface area (Å²) in [7, 11) is 7.77. The minimum absolute atomic E-state index is 0.0716. The summed E-state index contributed by atoms with van der Waals surface area (Å²) in [4.78, 5) is 33.9. The van der Waals surface area contributed by atoms with Crippen LogP contribution in [0.3, 0.4) is 0 Å². The minimum atomic E-state index is -0.266. The molecule has 1 fully saturated rings. The molecule has 0 radical (unpaired) electrons. The quantitative estimate of drug-likeness (QED) is 0.273. The van der Waals surface area contributed by atoms with Gasteiger partial charge >= 0.3 is 0 Å². The van der Waals surface area contributed by atoms with Crippen molar-refractivity contribution >= 4 is 45.1 Å². The molecule has 0 saturated heterocycles. The standard InChI is InChI=1S/C28H39IN6O3/c1-7-19-20(27(36)30-15-22-24(38-6)14-25(29)32-28(22)37)13-23-21(16-31-34(23)5)26(19)35(8-2)18-11-9-17(10-12-18)33(3)4/h13-14,16-18H,7-12,15H2,1-6H3,(H,30,36)(H,32,37). The second-order valence-electron chi connectivity index (χ2n) is 10.2. The molecule has 2 heterocycles. The third-order valence-corrected chi connectivity index (χ3v) is 8.48. The van der Waals surface area contributed by atoms with Crippen molar-refractivity contribution < 1.29 is 9.53 Å². The summed E-state index contributed by atoms with van der Waals surface area (Å²) in [5, 5.41) is 8.62. The Morgan fingerprint density at radius 3 is 2.47 bits per heavy atom. The van der Waals surface area contributed by atoms with Gasteiger partial charge in [0.1, 0.15) is 5.75 Å². The number of carbonyl (C=O) groups excluding carboxylic acids is 1. The molecule has 1 aromatic carbocycles. The number of nitrogens with one attached hydrogen (secondary N) is 2. The van der Waals surface area contributed by atoms with Crippen LogP contribution in [0.2, 0.25) is 0 Å². The van der Waals surface area contributed by atoms with Crippen molar-refractivity contribution in [2.75, 3.05) is 32.6 Å². The predicted molar refractivity (Wildman–Crippen MR) is 160 cm³/mol. The second-order valence-corrected chi connectivity index (χ2v) is 11.4. The molecule has 3 aromatic rings. The zero-order valence-corrected chi connectivity index (χ0v) is 25.4. The van der Waals surface area contributed by atoms with E-state index in [0.29, 0.717) is 39.1 Å². The molecule has 0 spiro atoms. The molecule has 1 aliphatic rings. The summed E-state index contributed by atoms with van der Waals surface area (Å²) < 4.78 is 7.92. The maximum atomic E-state index is 13.7. The molecule has 4 rings (SSSR count). The number of fused-ring (bicyclic) bond motifs is 1. The molecule has 10 heteroatoms. The number of aryl methyl sites for hydroxylation is 1. The van der Waals surface area contributed by atoms with Crippen molar-refractivity contribution in [2.24, 2.45) is 7.05 Å². The summed E-state index contributed by atoms with van der Waals surface area (Å²) in [6.07, 6.45) is 7.20. The van der Waals surface area contributed by atoms with Gasteiger partial charge in [0, 0.05) is 42.7 Å². The highest BCUT2D eigenvalue weighted by molar-refractivity contribution is 14.1. The molecule has 0 aliphatic heterocycles. The molecule has 1 aliphatic carbocycles. The molecule has 0 bridgehead atoms. The Balaban J connectivity index is 1.72. The molecule has 0 unspecified atom stereocenters. The van der Waals surface area contributed by atoms with Crippen molar-refractivity contribution in [3.05, 3.63) is 49.1 Å². The molecule has 1 amide bonds.